The second-order valence-corrected chi connectivity index (χ2v) is 5.22. The number of aliphatic carboxylic acids is 1. The molecule has 0 spiro atoms. The maximum Gasteiger partial charge on any atom is 0.315 e. The van der Waals surface area contributed by atoms with Crippen LogP contribution in [0.5, 0.6) is 0 Å². The van der Waals surface area contributed by atoms with Crippen LogP contribution in [0.15, 0.2) is 24.3 Å². The first-order valence-corrected chi connectivity index (χ1v) is 7.08. The Morgan fingerprint density at radius 1 is 1.26 bits per heavy atom. The molecule has 0 saturated heterocycles. The molecule has 3 N–H and O–H groups in total. The predicted octanol–water partition coefficient (Wildman–Crippen LogP) is 3.25. The van der Waals surface area contributed by atoms with Crippen molar-refractivity contribution in [3.05, 3.63) is 35.4 Å². The van der Waals surface area contributed by atoms with E-state index >= 15 is 0 Å². The third kappa shape index (κ3) is 3.57. The fourth-order valence-corrected chi connectivity index (χ4v) is 2.62. The van der Waals surface area contributed by atoms with Crippen LogP contribution in [0.1, 0.15) is 50.2 Å². The molecule has 106 valence electrons. The second kappa shape index (κ2) is 7.29. The van der Waals surface area contributed by atoms with Crippen molar-refractivity contribution in [2.45, 2.75) is 51.4 Å². The van der Waals surface area contributed by atoms with Crippen molar-refractivity contribution in [1.82, 2.24) is 0 Å². The molecule has 0 heterocycles. The Kier molecular flexibility index (Phi) is 6.03. The van der Waals surface area contributed by atoms with E-state index < -0.39 is 11.4 Å². The highest BCUT2D eigenvalue weighted by atomic mass is 16.4. The van der Waals surface area contributed by atoms with Gasteiger partial charge in [-0.25, -0.2) is 0 Å². The molecule has 0 aromatic heterocycles. The number of unbranched alkanes of at least 4 members (excludes halogenated alkanes) is 3. The van der Waals surface area contributed by atoms with Gasteiger partial charge < -0.3 is 10.8 Å². The third-order valence-corrected chi connectivity index (χ3v) is 3.88. The van der Waals surface area contributed by atoms with Gasteiger partial charge in [-0.2, -0.15) is 0 Å². The minimum absolute atomic E-state index is 0.152. The Balaban J connectivity index is 2.99. The van der Waals surface area contributed by atoms with Gasteiger partial charge in [0, 0.05) is 6.54 Å². The molecule has 0 aliphatic heterocycles. The molecule has 1 atom stereocenters. The molecular weight excluding hydrogens is 238 g/mol. The summed E-state index contributed by atoms with van der Waals surface area (Å²) in [6, 6.07) is 7.67. The number of aryl methyl sites for hydroxylation is 1. The summed E-state index contributed by atoms with van der Waals surface area (Å²) in [6.45, 7) is 4.25. The van der Waals surface area contributed by atoms with E-state index in [4.69, 9.17) is 5.73 Å². The first-order valence-electron chi connectivity index (χ1n) is 7.08. The molecular formula is C16H25NO2. The van der Waals surface area contributed by atoms with E-state index in [0.29, 0.717) is 6.42 Å². The molecule has 19 heavy (non-hydrogen) atoms. The standard InChI is InChI=1S/C16H25NO2/c1-3-4-5-8-11-16(12-17,15(18)19)14-10-7-6-9-13(14)2/h6-7,9-10H,3-5,8,11-12,17H2,1-2H3,(H,18,19). The maximum absolute atomic E-state index is 11.8. The van der Waals surface area contributed by atoms with Crippen LogP contribution in [0.3, 0.4) is 0 Å². The normalized spacial score (nSPS) is 14.1. The number of carboxylic acids is 1. The van der Waals surface area contributed by atoms with E-state index in [1.807, 2.05) is 31.2 Å². The second-order valence-electron chi connectivity index (χ2n) is 5.22. The molecule has 0 saturated carbocycles. The Morgan fingerprint density at radius 2 is 1.95 bits per heavy atom. The van der Waals surface area contributed by atoms with Gasteiger partial charge in [0.2, 0.25) is 0 Å². The molecule has 1 unspecified atom stereocenters. The molecule has 0 fully saturated rings. The Hall–Kier alpha value is -1.35. The first-order chi connectivity index (χ1) is 9.08. The zero-order valence-electron chi connectivity index (χ0n) is 12.0. The average molecular weight is 263 g/mol. The minimum atomic E-state index is -0.931. The van der Waals surface area contributed by atoms with Crippen LogP contribution in [0, 0.1) is 6.92 Å². The van der Waals surface area contributed by atoms with E-state index in [2.05, 4.69) is 6.92 Å². The molecule has 1 rings (SSSR count). The molecule has 3 nitrogen and oxygen atoms in total. The van der Waals surface area contributed by atoms with Crippen LogP contribution in [0.25, 0.3) is 0 Å². The van der Waals surface area contributed by atoms with Gasteiger partial charge in [-0.05, 0) is 24.5 Å². The van der Waals surface area contributed by atoms with Crippen molar-refractivity contribution in [3.8, 4) is 0 Å². The minimum Gasteiger partial charge on any atom is -0.481 e. The quantitative estimate of drug-likeness (QED) is 0.708. The highest BCUT2D eigenvalue weighted by Gasteiger charge is 2.39. The SMILES string of the molecule is CCCCCCC(CN)(C(=O)O)c1ccccc1C. The van der Waals surface area contributed by atoms with Crippen molar-refractivity contribution >= 4 is 5.97 Å². The Bertz CT molecular complexity index is 417. The lowest BCUT2D eigenvalue weighted by atomic mass is 9.74. The van der Waals surface area contributed by atoms with Crippen molar-refractivity contribution < 1.29 is 9.90 Å². The fraction of sp³-hybridized carbons (Fsp3) is 0.562. The molecule has 0 radical (unpaired) electrons. The Labute approximate surface area is 115 Å². The van der Waals surface area contributed by atoms with Crippen molar-refractivity contribution in [2.75, 3.05) is 6.54 Å². The average Bonchev–Trinajstić information content (AvgIpc) is 2.40. The van der Waals surface area contributed by atoms with Crippen LogP contribution < -0.4 is 5.73 Å². The van der Waals surface area contributed by atoms with Crippen LogP contribution in [-0.4, -0.2) is 17.6 Å². The molecule has 3 heteroatoms. The zero-order valence-corrected chi connectivity index (χ0v) is 12.0. The van der Waals surface area contributed by atoms with Gasteiger partial charge in [-0.15, -0.1) is 0 Å². The highest BCUT2D eigenvalue weighted by Crippen LogP contribution is 2.32. The summed E-state index contributed by atoms with van der Waals surface area (Å²) in [7, 11) is 0. The van der Waals surface area contributed by atoms with E-state index in [1.54, 1.807) is 0 Å². The van der Waals surface area contributed by atoms with Gasteiger partial charge in [0.15, 0.2) is 0 Å². The van der Waals surface area contributed by atoms with Crippen LogP contribution >= 0.6 is 0 Å². The van der Waals surface area contributed by atoms with Crippen molar-refractivity contribution in [3.63, 3.8) is 0 Å². The highest BCUT2D eigenvalue weighted by molar-refractivity contribution is 5.82. The van der Waals surface area contributed by atoms with Crippen LogP contribution in [0.4, 0.5) is 0 Å². The summed E-state index contributed by atoms with van der Waals surface area (Å²) >= 11 is 0. The number of benzene rings is 1. The number of hydrogen-bond acceptors (Lipinski definition) is 2. The van der Waals surface area contributed by atoms with E-state index in [9.17, 15) is 9.90 Å². The van der Waals surface area contributed by atoms with Gasteiger partial charge in [-0.1, -0.05) is 56.9 Å². The fourth-order valence-electron chi connectivity index (χ4n) is 2.62. The summed E-state index contributed by atoms with van der Waals surface area (Å²) in [5, 5.41) is 9.68. The predicted molar refractivity (Wildman–Crippen MR) is 78.3 cm³/mol. The summed E-state index contributed by atoms with van der Waals surface area (Å²) < 4.78 is 0. The van der Waals surface area contributed by atoms with E-state index in [-0.39, 0.29) is 6.54 Å². The lowest BCUT2D eigenvalue weighted by molar-refractivity contribution is -0.143. The number of rotatable bonds is 8. The van der Waals surface area contributed by atoms with E-state index in [1.165, 1.54) is 0 Å². The summed E-state index contributed by atoms with van der Waals surface area (Å²) in [5.41, 5.74) is 6.78. The van der Waals surface area contributed by atoms with Gasteiger partial charge in [0.05, 0.1) is 0 Å². The molecule has 1 aromatic rings. The smallest absolute Gasteiger partial charge is 0.315 e. The topological polar surface area (TPSA) is 63.3 Å². The van der Waals surface area contributed by atoms with Gasteiger partial charge in [0.1, 0.15) is 5.41 Å². The summed E-state index contributed by atoms with van der Waals surface area (Å²) in [6.07, 6.45) is 4.88. The van der Waals surface area contributed by atoms with Crippen LogP contribution in [-0.2, 0) is 10.2 Å². The largest absolute Gasteiger partial charge is 0.481 e. The van der Waals surface area contributed by atoms with Gasteiger partial charge >= 0.3 is 5.97 Å². The number of hydrogen-bond donors (Lipinski definition) is 2. The summed E-state index contributed by atoms with van der Waals surface area (Å²) in [5.74, 6) is -0.805. The van der Waals surface area contributed by atoms with E-state index in [0.717, 1.165) is 36.8 Å². The van der Waals surface area contributed by atoms with Crippen LogP contribution in [0.2, 0.25) is 0 Å². The van der Waals surface area contributed by atoms with Crippen molar-refractivity contribution in [1.29, 1.82) is 0 Å². The molecule has 0 aliphatic carbocycles. The first kappa shape index (κ1) is 15.7. The monoisotopic (exact) mass is 263 g/mol. The lowest BCUT2D eigenvalue weighted by Gasteiger charge is -2.30. The zero-order chi connectivity index (χ0) is 14.3. The molecule has 0 aliphatic rings. The molecule has 0 amide bonds. The number of carboxylic acid groups (broad SMARTS) is 1. The molecule has 1 aromatic carbocycles. The number of carbonyl (C=O) groups is 1. The van der Waals surface area contributed by atoms with Crippen molar-refractivity contribution in [2.24, 2.45) is 5.73 Å². The number of nitrogens with two attached hydrogens (primary N) is 1. The molecule has 0 bridgehead atoms. The lowest BCUT2D eigenvalue weighted by Crippen LogP contribution is -2.43. The van der Waals surface area contributed by atoms with Gasteiger partial charge in [0.25, 0.3) is 0 Å². The third-order valence-electron chi connectivity index (χ3n) is 3.88. The van der Waals surface area contributed by atoms with Gasteiger partial charge in [-0.3, -0.25) is 4.79 Å². The Morgan fingerprint density at radius 3 is 2.47 bits per heavy atom. The maximum atomic E-state index is 11.8. The summed E-state index contributed by atoms with van der Waals surface area (Å²) in [4.78, 5) is 11.8.